The van der Waals surface area contributed by atoms with Gasteiger partial charge in [-0.15, -0.1) is 6.58 Å². The summed E-state index contributed by atoms with van der Waals surface area (Å²) in [5, 5.41) is 5.49. The molecule has 18 heavy (non-hydrogen) atoms. The maximum Gasteiger partial charge on any atom is 0.315 e. The number of hydrogen-bond acceptors (Lipinski definition) is 3. The molecule has 1 aliphatic rings. The maximum atomic E-state index is 11.5. The minimum absolute atomic E-state index is 0.107. The predicted octanol–water partition coefficient (Wildman–Crippen LogP) is 1.96. The van der Waals surface area contributed by atoms with Crippen molar-refractivity contribution >= 4 is 6.03 Å². The van der Waals surface area contributed by atoms with Crippen LogP contribution in [0.1, 0.15) is 18.5 Å². The van der Waals surface area contributed by atoms with Crippen LogP contribution in [0.5, 0.6) is 11.5 Å². The van der Waals surface area contributed by atoms with Crippen molar-refractivity contribution in [2.24, 2.45) is 0 Å². The van der Waals surface area contributed by atoms with Crippen molar-refractivity contribution in [3.8, 4) is 11.5 Å². The van der Waals surface area contributed by atoms with Crippen molar-refractivity contribution in [3.05, 3.63) is 36.4 Å². The molecule has 0 saturated carbocycles. The number of fused-ring (bicyclic) bond motifs is 1. The lowest BCUT2D eigenvalue weighted by Crippen LogP contribution is -2.37. The lowest BCUT2D eigenvalue weighted by atomic mass is 10.1. The molecule has 2 amide bonds. The van der Waals surface area contributed by atoms with Crippen LogP contribution >= 0.6 is 0 Å². The molecule has 1 aromatic carbocycles. The van der Waals surface area contributed by atoms with Gasteiger partial charge in [-0.25, -0.2) is 4.79 Å². The van der Waals surface area contributed by atoms with Crippen molar-refractivity contribution in [2.75, 3.05) is 13.3 Å². The molecule has 0 aromatic heterocycles. The molecule has 2 N–H and O–H groups in total. The van der Waals surface area contributed by atoms with E-state index >= 15 is 0 Å². The Balaban J connectivity index is 1.98. The summed E-state index contributed by atoms with van der Waals surface area (Å²) in [5.41, 5.74) is 0.966. The molecule has 1 atom stereocenters. The van der Waals surface area contributed by atoms with Crippen LogP contribution in [0.15, 0.2) is 30.9 Å². The Kier molecular flexibility index (Phi) is 3.72. The number of benzene rings is 1. The zero-order valence-electron chi connectivity index (χ0n) is 10.2. The van der Waals surface area contributed by atoms with Crippen LogP contribution in [0.3, 0.4) is 0 Å². The van der Waals surface area contributed by atoms with Crippen LogP contribution in [0, 0.1) is 0 Å². The van der Waals surface area contributed by atoms with Crippen molar-refractivity contribution in [1.29, 1.82) is 0 Å². The molecular weight excluding hydrogens is 232 g/mol. The molecule has 5 heteroatoms. The van der Waals surface area contributed by atoms with Gasteiger partial charge in [-0.05, 0) is 24.6 Å². The Hall–Kier alpha value is -2.17. The van der Waals surface area contributed by atoms with E-state index in [0.717, 1.165) is 11.3 Å². The highest BCUT2D eigenvalue weighted by molar-refractivity contribution is 5.74. The first kappa shape index (κ1) is 12.3. The van der Waals surface area contributed by atoms with Gasteiger partial charge in [0.15, 0.2) is 11.5 Å². The summed E-state index contributed by atoms with van der Waals surface area (Å²) in [6.45, 7) is 6.14. The second-order valence-electron chi connectivity index (χ2n) is 3.98. The fraction of sp³-hybridized carbons (Fsp3) is 0.308. The highest BCUT2D eigenvalue weighted by Gasteiger charge is 2.16. The summed E-state index contributed by atoms with van der Waals surface area (Å²) in [6.07, 6.45) is 1.63. The van der Waals surface area contributed by atoms with Crippen LogP contribution in [-0.4, -0.2) is 19.4 Å². The molecule has 0 bridgehead atoms. The summed E-state index contributed by atoms with van der Waals surface area (Å²) in [6, 6.07) is 5.30. The lowest BCUT2D eigenvalue weighted by Gasteiger charge is -2.15. The molecule has 1 heterocycles. The fourth-order valence-corrected chi connectivity index (χ4v) is 1.68. The number of nitrogens with one attached hydrogen (secondary N) is 2. The predicted molar refractivity (Wildman–Crippen MR) is 67.7 cm³/mol. The molecule has 0 aliphatic carbocycles. The van der Waals surface area contributed by atoms with Crippen LogP contribution in [0.25, 0.3) is 0 Å². The first-order valence-corrected chi connectivity index (χ1v) is 5.75. The lowest BCUT2D eigenvalue weighted by molar-refractivity contribution is 0.174. The number of hydrogen-bond donors (Lipinski definition) is 2. The Bertz CT molecular complexity index is 460. The highest BCUT2D eigenvalue weighted by atomic mass is 16.7. The van der Waals surface area contributed by atoms with E-state index in [1.165, 1.54) is 0 Å². The molecule has 96 valence electrons. The van der Waals surface area contributed by atoms with E-state index in [1.807, 2.05) is 25.1 Å². The first-order chi connectivity index (χ1) is 8.70. The third kappa shape index (κ3) is 2.74. The van der Waals surface area contributed by atoms with Gasteiger partial charge in [-0.3, -0.25) is 0 Å². The first-order valence-electron chi connectivity index (χ1n) is 5.75. The zero-order valence-corrected chi connectivity index (χ0v) is 10.2. The van der Waals surface area contributed by atoms with Gasteiger partial charge in [0.25, 0.3) is 0 Å². The normalized spacial score (nSPS) is 13.8. The van der Waals surface area contributed by atoms with E-state index in [2.05, 4.69) is 17.2 Å². The SMILES string of the molecule is C=CCNC(=O)NC(C)c1ccc2c(c1)OCO2. The largest absolute Gasteiger partial charge is 0.454 e. The van der Waals surface area contributed by atoms with Gasteiger partial charge < -0.3 is 20.1 Å². The van der Waals surface area contributed by atoms with Crippen molar-refractivity contribution < 1.29 is 14.3 Å². The van der Waals surface area contributed by atoms with Gasteiger partial charge >= 0.3 is 6.03 Å². The molecule has 0 spiro atoms. The van der Waals surface area contributed by atoms with E-state index in [4.69, 9.17) is 9.47 Å². The summed E-state index contributed by atoms with van der Waals surface area (Å²) < 4.78 is 10.5. The Morgan fingerprint density at radius 3 is 3.06 bits per heavy atom. The maximum absolute atomic E-state index is 11.5. The summed E-state index contributed by atoms with van der Waals surface area (Å²) in [4.78, 5) is 11.5. The van der Waals surface area contributed by atoms with Gasteiger partial charge in [0, 0.05) is 6.54 Å². The molecule has 1 aliphatic heterocycles. The van der Waals surface area contributed by atoms with Crippen molar-refractivity contribution in [1.82, 2.24) is 10.6 Å². The van der Waals surface area contributed by atoms with Gasteiger partial charge in [-0.1, -0.05) is 12.1 Å². The van der Waals surface area contributed by atoms with Crippen molar-refractivity contribution in [2.45, 2.75) is 13.0 Å². The quantitative estimate of drug-likeness (QED) is 0.801. The third-order valence-corrected chi connectivity index (χ3v) is 2.65. The van der Waals surface area contributed by atoms with E-state index in [-0.39, 0.29) is 18.9 Å². The molecule has 0 radical (unpaired) electrons. The van der Waals surface area contributed by atoms with E-state index in [1.54, 1.807) is 6.08 Å². The monoisotopic (exact) mass is 248 g/mol. The molecule has 2 rings (SSSR count). The summed E-state index contributed by atoms with van der Waals surface area (Å²) in [5.74, 6) is 1.45. The van der Waals surface area contributed by atoms with E-state index in [9.17, 15) is 4.79 Å². The smallest absolute Gasteiger partial charge is 0.315 e. The molecular formula is C13H16N2O3. The molecule has 0 saturated heterocycles. The second-order valence-corrected chi connectivity index (χ2v) is 3.98. The Labute approximate surface area is 106 Å². The zero-order chi connectivity index (χ0) is 13.0. The molecule has 1 aromatic rings. The van der Waals surface area contributed by atoms with Crippen LogP contribution in [0.2, 0.25) is 0 Å². The second kappa shape index (κ2) is 5.44. The average Bonchev–Trinajstić information content (AvgIpc) is 2.83. The molecule has 1 unspecified atom stereocenters. The molecule has 0 fully saturated rings. The van der Waals surface area contributed by atoms with Gasteiger partial charge in [0.1, 0.15) is 0 Å². The van der Waals surface area contributed by atoms with E-state index in [0.29, 0.717) is 12.3 Å². The number of amides is 2. The van der Waals surface area contributed by atoms with Crippen LogP contribution in [-0.2, 0) is 0 Å². The number of rotatable bonds is 4. The van der Waals surface area contributed by atoms with Crippen LogP contribution < -0.4 is 20.1 Å². The number of carbonyl (C=O) groups is 1. The Morgan fingerprint density at radius 2 is 2.28 bits per heavy atom. The van der Waals surface area contributed by atoms with Crippen LogP contribution in [0.4, 0.5) is 4.79 Å². The van der Waals surface area contributed by atoms with Crippen molar-refractivity contribution in [3.63, 3.8) is 0 Å². The highest BCUT2D eigenvalue weighted by Crippen LogP contribution is 2.33. The van der Waals surface area contributed by atoms with Gasteiger partial charge in [0.2, 0.25) is 6.79 Å². The molecule has 5 nitrogen and oxygen atoms in total. The Morgan fingerprint density at radius 1 is 1.50 bits per heavy atom. The van der Waals surface area contributed by atoms with Gasteiger partial charge in [-0.2, -0.15) is 0 Å². The summed E-state index contributed by atoms with van der Waals surface area (Å²) in [7, 11) is 0. The fourth-order valence-electron chi connectivity index (χ4n) is 1.68. The van der Waals surface area contributed by atoms with E-state index < -0.39 is 0 Å². The third-order valence-electron chi connectivity index (χ3n) is 2.65. The number of carbonyl (C=O) groups excluding carboxylic acids is 1. The minimum atomic E-state index is -0.222. The number of urea groups is 1. The average molecular weight is 248 g/mol. The number of ether oxygens (including phenoxy) is 2. The standard InChI is InChI=1S/C13H16N2O3/c1-3-6-14-13(16)15-9(2)10-4-5-11-12(7-10)18-8-17-11/h3-5,7,9H,1,6,8H2,2H3,(H2,14,15,16). The summed E-state index contributed by atoms with van der Waals surface area (Å²) >= 11 is 0. The minimum Gasteiger partial charge on any atom is -0.454 e. The topological polar surface area (TPSA) is 59.6 Å². The van der Waals surface area contributed by atoms with Gasteiger partial charge in [0.05, 0.1) is 6.04 Å².